The highest BCUT2D eigenvalue weighted by molar-refractivity contribution is 5.74. The second-order valence-corrected chi connectivity index (χ2v) is 3.80. The van der Waals surface area contributed by atoms with Crippen LogP contribution in [0, 0.1) is 0 Å². The first kappa shape index (κ1) is 12.1. The average Bonchev–Trinajstić information content (AvgIpc) is 2.15. The van der Waals surface area contributed by atoms with Gasteiger partial charge >= 0.3 is 12.2 Å². The van der Waals surface area contributed by atoms with E-state index < -0.39 is 18.8 Å². The van der Waals surface area contributed by atoms with Crippen LogP contribution in [0.4, 0.5) is 18.0 Å². The van der Waals surface area contributed by atoms with Crippen LogP contribution in [-0.2, 0) is 0 Å². The molecule has 1 aliphatic rings. The molecular formula is C9H15F3N2O. The van der Waals surface area contributed by atoms with E-state index in [2.05, 4.69) is 0 Å². The van der Waals surface area contributed by atoms with E-state index in [9.17, 15) is 18.0 Å². The number of urea groups is 1. The van der Waals surface area contributed by atoms with Gasteiger partial charge in [0, 0.05) is 20.1 Å². The number of likely N-dealkylation sites (tertiary alicyclic amines) is 1. The third-order valence-electron chi connectivity index (χ3n) is 2.37. The molecule has 0 bridgehead atoms. The summed E-state index contributed by atoms with van der Waals surface area (Å²) in [6.45, 7) is -0.0373. The summed E-state index contributed by atoms with van der Waals surface area (Å²) in [5.74, 6) is 0. The Labute approximate surface area is 86.8 Å². The summed E-state index contributed by atoms with van der Waals surface area (Å²) in [7, 11) is 1.18. The molecule has 0 unspecified atom stereocenters. The Morgan fingerprint density at radius 1 is 1.27 bits per heavy atom. The number of nitrogens with zero attached hydrogens (tertiary/aromatic N) is 2. The van der Waals surface area contributed by atoms with Crippen molar-refractivity contribution in [1.82, 2.24) is 9.80 Å². The largest absolute Gasteiger partial charge is 0.406 e. The second-order valence-electron chi connectivity index (χ2n) is 3.80. The lowest BCUT2D eigenvalue weighted by Gasteiger charge is -2.31. The maximum Gasteiger partial charge on any atom is 0.406 e. The van der Waals surface area contributed by atoms with E-state index in [1.807, 2.05) is 0 Å². The van der Waals surface area contributed by atoms with E-state index >= 15 is 0 Å². The minimum atomic E-state index is -4.32. The average molecular weight is 224 g/mol. The molecule has 1 fully saturated rings. The van der Waals surface area contributed by atoms with Gasteiger partial charge in [-0.15, -0.1) is 0 Å². The summed E-state index contributed by atoms with van der Waals surface area (Å²) in [6, 6.07) is -0.521. The molecule has 0 atom stereocenters. The Balaban J connectivity index is 2.44. The van der Waals surface area contributed by atoms with E-state index in [0.29, 0.717) is 13.1 Å². The molecule has 0 aliphatic carbocycles. The summed E-state index contributed by atoms with van der Waals surface area (Å²) < 4.78 is 36.1. The third kappa shape index (κ3) is 3.97. The van der Waals surface area contributed by atoms with Gasteiger partial charge in [-0.3, -0.25) is 0 Å². The van der Waals surface area contributed by atoms with Crippen molar-refractivity contribution >= 4 is 6.03 Å². The zero-order valence-corrected chi connectivity index (χ0v) is 8.68. The molecule has 6 heteroatoms. The van der Waals surface area contributed by atoms with Crippen molar-refractivity contribution < 1.29 is 18.0 Å². The minimum absolute atomic E-state index is 0.521. The number of carbonyl (C=O) groups excluding carboxylic acids is 1. The lowest BCUT2D eigenvalue weighted by molar-refractivity contribution is -0.138. The van der Waals surface area contributed by atoms with Gasteiger partial charge in [-0.1, -0.05) is 0 Å². The van der Waals surface area contributed by atoms with Gasteiger partial charge < -0.3 is 9.80 Å². The molecule has 0 saturated carbocycles. The number of alkyl halides is 3. The van der Waals surface area contributed by atoms with Crippen molar-refractivity contribution in [3.8, 4) is 0 Å². The quantitative estimate of drug-likeness (QED) is 0.669. The maximum absolute atomic E-state index is 12.0. The highest BCUT2D eigenvalue weighted by Gasteiger charge is 2.32. The topological polar surface area (TPSA) is 23.6 Å². The predicted molar refractivity (Wildman–Crippen MR) is 49.5 cm³/mol. The summed E-state index contributed by atoms with van der Waals surface area (Å²) in [4.78, 5) is 13.7. The number of piperidine rings is 1. The SMILES string of the molecule is CN(CC(F)(F)F)C(=O)N1CCCCC1. The minimum Gasteiger partial charge on any atom is -0.325 e. The fourth-order valence-electron chi connectivity index (χ4n) is 1.66. The van der Waals surface area contributed by atoms with Crippen molar-refractivity contribution in [2.75, 3.05) is 26.7 Å². The monoisotopic (exact) mass is 224 g/mol. The van der Waals surface area contributed by atoms with Gasteiger partial charge in [0.15, 0.2) is 0 Å². The summed E-state index contributed by atoms with van der Waals surface area (Å²) in [5, 5.41) is 0. The first-order valence-electron chi connectivity index (χ1n) is 4.97. The first-order valence-corrected chi connectivity index (χ1v) is 4.97. The van der Waals surface area contributed by atoms with Crippen LogP contribution in [0.1, 0.15) is 19.3 Å². The highest BCUT2D eigenvalue weighted by Crippen LogP contribution is 2.17. The Kier molecular flexibility index (Phi) is 3.82. The molecule has 1 heterocycles. The first-order chi connectivity index (χ1) is 6.90. The highest BCUT2D eigenvalue weighted by atomic mass is 19.4. The standard InChI is InChI=1S/C9H15F3N2O/c1-13(7-9(10,11)12)8(15)14-5-3-2-4-6-14/h2-7H2,1H3. The zero-order chi connectivity index (χ0) is 11.5. The van der Waals surface area contributed by atoms with Crippen LogP contribution < -0.4 is 0 Å². The van der Waals surface area contributed by atoms with Gasteiger partial charge in [-0.25, -0.2) is 4.79 Å². The number of hydrogen-bond donors (Lipinski definition) is 0. The summed E-state index contributed by atoms with van der Waals surface area (Å²) in [6.07, 6.45) is -1.51. The molecule has 1 aliphatic heterocycles. The molecule has 88 valence electrons. The van der Waals surface area contributed by atoms with E-state index in [0.717, 1.165) is 24.2 Å². The molecule has 1 rings (SSSR count). The fourth-order valence-corrected chi connectivity index (χ4v) is 1.66. The van der Waals surface area contributed by atoms with E-state index in [4.69, 9.17) is 0 Å². The lowest BCUT2D eigenvalue weighted by atomic mass is 10.1. The Bertz CT molecular complexity index is 224. The molecule has 0 N–H and O–H groups in total. The maximum atomic E-state index is 12.0. The third-order valence-corrected chi connectivity index (χ3v) is 2.37. The van der Waals surface area contributed by atoms with Crippen molar-refractivity contribution in [3.63, 3.8) is 0 Å². The van der Waals surface area contributed by atoms with Crippen molar-refractivity contribution in [2.45, 2.75) is 25.4 Å². The number of rotatable bonds is 1. The van der Waals surface area contributed by atoms with Gasteiger partial charge in [-0.05, 0) is 19.3 Å². The van der Waals surface area contributed by atoms with Gasteiger partial charge in [-0.2, -0.15) is 13.2 Å². The van der Waals surface area contributed by atoms with E-state index in [1.165, 1.54) is 11.9 Å². The van der Waals surface area contributed by atoms with Crippen molar-refractivity contribution in [2.24, 2.45) is 0 Å². The van der Waals surface area contributed by atoms with E-state index in [-0.39, 0.29) is 0 Å². The summed E-state index contributed by atoms with van der Waals surface area (Å²) in [5.41, 5.74) is 0. The predicted octanol–water partition coefficient (Wildman–Crippen LogP) is 2.09. The fraction of sp³-hybridized carbons (Fsp3) is 0.889. The molecule has 0 radical (unpaired) electrons. The Morgan fingerprint density at radius 2 is 1.80 bits per heavy atom. The molecule has 0 aromatic rings. The van der Waals surface area contributed by atoms with Crippen LogP contribution in [0.5, 0.6) is 0 Å². The van der Waals surface area contributed by atoms with Gasteiger partial charge in [0.2, 0.25) is 0 Å². The van der Waals surface area contributed by atoms with Crippen molar-refractivity contribution in [3.05, 3.63) is 0 Å². The van der Waals surface area contributed by atoms with Crippen LogP contribution in [0.25, 0.3) is 0 Å². The number of amides is 2. The molecule has 15 heavy (non-hydrogen) atoms. The van der Waals surface area contributed by atoms with Gasteiger partial charge in [0.05, 0.1) is 0 Å². The van der Waals surface area contributed by atoms with E-state index in [1.54, 1.807) is 0 Å². The Hall–Kier alpha value is -0.940. The van der Waals surface area contributed by atoms with Gasteiger partial charge in [0.25, 0.3) is 0 Å². The van der Waals surface area contributed by atoms with Crippen molar-refractivity contribution in [1.29, 1.82) is 0 Å². The molecule has 0 spiro atoms. The smallest absolute Gasteiger partial charge is 0.325 e. The van der Waals surface area contributed by atoms with Crippen LogP contribution in [0.2, 0.25) is 0 Å². The van der Waals surface area contributed by atoms with Crippen LogP contribution in [0.15, 0.2) is 0 Å². The summed E-state index contributed by atoms with van der Waals surface area (Å²) >= 11 is 0. The number of halogens is 3. The van der Waals surface area contributed by atoms with Crippen LogP contribution in [-0.4, -0.2) is 48.7 Å². The molecule has 0 aromatic carbocycles. The molecule has 3 nitrogen and oxygen atoms in total. The van der Waals surface area contributed by atoms with Gasteiger partial charge in [0.1, 0.15) is 6.54 Å². The van der Waals surface area contributed by atoms with Crippen LogP contribution in [0.3, 0.4) is 0 Å². The number of carbonyl (C=O) groups is 1. The lowest BCUT2D eigenvalue weighted by Crippen LogP contribution is -2.46. The number of hydrogen-bond acceptors (Lipinski definition) is 1. The van der Waals surface area contributed by atoms with Crippen LogP contribution >= 0.6 is 0 Å². The second kappa shape index (κ2) is 4.72. The normalized spacial score (nSPS) is 17.7. The molecule has 1 saturated heterocycles. The molecule has 2 amide bonds. The molecule has 0 aromatic heterocycles. The molecular weight excluding hydrogens is 209 g/mol. The zero-order valence-electron chi connectivity index (χ0n) is 8.68. The Morgan fingerprint density at radius 3 is 2.27 bits per heavy atom.